The molecule has 1 rings (SSSR count). The van der Waals surface area contributed by atoms with Gasteiger partial charge in [-0.15, -0.1) is 0 Å². The highest BCUT2D eigenvalue weighted by Gasteiger charge is 2.32. The molecule has 1 aromatic carbocycles. The van der Waals surface area contributed by atoms with Gasteiger partial charge in [-0.3, -0.25) is 0 Å². The van der Waals surface area contributed by atoms with E-state index in [0.29, 0.717) is 5.75 Å². The van der Waals surface area contributed by atoms with E-state index >= 15 is 0 Å². The van der Waals surface area contributed by atoms with E-state index in [1.165, 1.54) is 32.4 Å². The topological polar surface area (TPSA) is 122 Å². The first-order chi connectivity index (χ1) is 9.64. The molecule has 1 unspecified atom stereocenters. The molecule has 0 heterocycles. The van der Waals surface area contributed by atoms with Crippen LogP contribution in [0.25, 0.3) is 0 Å². The Balaban J connectivity index is 3.10. The number of hydrogen-bond acceptors (Lipinski definition) is 6. The second-order valence-corrected chi connectivity index (χ2v) is 6.16. The van der Waals surface area contributed by atoms with E-state index in [0.717, 1.165) is 6.92 Å². The molecule has 0 radical (unpaired) electrons. The third kappa shape index (κ3) is 4.06. The summed E-state index contributed by atoms with van der Waals surface area (Å²) in [6.07, 6.45) is 0. The molecule has 0 aliphatic carbocycles. The number of benzene rings is 1. The van der Waals surface area contributed by atoms with E-state index < -0.39 is 28.1 Å². The maximum atomic E-state index is 12.2. The lowest BCUT2D eigenvalue weighted by molar-refractivity contribution is -0.155. The normalized spacial score (nSPS) is 14.3. The predicted octanol–water partition coefficient (Wildman–Crippen LogP) is -0.182. The largest absolute Gasteiger partial charge is 0.497 e. The van der Waals surface area contributed by atoms with Crippen molar-refractivity contribution in [1.29, 1.82) is 0 Å². The Bertz CT molecular complexity index is 624. The molecule has 1 atom stereocenters. The zero-order chi connectivity index (χ0) is 16.3. The SMILES string of the molecule is COc1ccc(OC)c(S(=O)(=O)NCC(C)(O)C(=O)O)c1. The Hall–Kier alpha value is -1.84. The molecule has 118 valence electrons. The summed E-state index contributed by atoms with van der Waals surface area (Å²) >= 11 is 0. The number of ether oxygens (including phenoxy) is 2. The highest BCUT2D eigenvalue weighted by atomic mass is 32.2. The lowest BCUT2D eigenvalue weighted by atomic mass is 10.1. The van der Waals surface area contributed by atoms with E-state index in [2.05, 4.69) is 0 Å². The average molecular weight is 319 g/mol. The summed E-state index contributed by atoms with van der Waals surface area (Å²) in [6.45, 7) is 0.297. The fourth-order valence-electron chi connectivity index (χ4n) is 1.38. The van der Waals surface area contributed by atoms with Gasteiger partial charge in [0.25, 0.3) is 0 Å². The minimum Gasteiger partial charge on any atom is -0.497 e. The summed E-state index contributed by atoms with van der Waals surface area (Å²) < 4.78 is 36.3. The number of methoxy groups -OCH3 is 2. The van der Waals surface area contributed by atoms with Gasteiger partial charge in [-0.1, -0.05) is 0 Å². The van der Waals surface area contributed by atoms with Gasteiger partial charge in [0.2, 0.25) is 10.0 Å². The zero-order valence-electron chi connectivity index (χ0n) is 11.8. The molecule has 21 heavy (non-hydrogen) atoms. The molecule has 8 nitrogen and oxygen atoms in total. The van der Waals surface area contributed by atoms with Gasteiger partial charge in [-0.2, -0.15) is 0 Å². The van der Waals surface area contributed by atoms with Gasteiger partial charge in [-0.25, -0.2) is 17.9 Å². The van der Waals surface area contributed by atoms with Crippen molar-refractivity contribution in [2.24, 2.45) is 0 Å². The van der Waals surface area contributed by atoms with Gasteiger partial charge in [-0.05, 0) is 19.1 Å². The molecule has 0 bridgehead atoms. The second kappa shape index (κ2) is 6.29. The number of sulfonamides is 1. The molecule has 9 heteroatoms. The summed E-state index contributed by atoms with van der Waals surface area (Å²) in [5, 5.41) is 18.3. The fourth-order valence-corrected chi connectivity index (χ4v) is 2.70. The minimum absolute atomic E-state index is 0.0678. The van der Waals surface area contributed by atoms with Crippen molar-refractivity contribution in [3.63, 3.8) is 0 Å². The van der Waals surface area contributed by atoms with Crippen LogP contribution in [0.5, 0.6) is 11.5 Å². The van der Waals surface area contributed by atoms with Crippen molar-refractivity contribution in [1.82, 2.24) is 4.72 Å². The number of hydrogen-bond donors (Lipinski definition) is 3. The van der Waals surface area contributed by atoms with Crippen LogP contribution in [-0.4, -0.2) is 51.0 Å². The number of aliphatic hydroxyl groups is 1. The third-order valence-electron chi connectivity index (χ3n) is 2.73. The van der Waals surface area contributed by atoms with Crippen molar-refractivity contribution in [2.75, 3.05) is 20.8 Å². The van der Waals surface area contributed by atoms with Crippen molar-refractivity contribution < 1.29 is 32.9 Å². The first-order valence-electron chi connectivity index (χ1n) is 5.81. The molecule has 0 spiro atoms. The number of carbonyl (C=O) groups is 1. The maximum absolute atomic E-state index is 12.2. The Morgan fingerprint density at radius 2 is 1.95 bits per heavy atom. The predicted molar refractivity (Wildman–Crippen MR) is 73.0 cm³/mol. The Morgan fingerprint density at radius 1 is 1.33 bits per heavy atom. The van der Waals surface area contributed by atoms with Crippen LogP contribution in [0.15, 0.2) is 23.1 Å². The van der Waals surface area contributed by atoms with E-state index in [4.69, 9.17) is 14.6 Å². The Morgan fingerprint density at radius 3 is 2.43 bits per heavy atom. The molecule has 1 aromatic rings. The van der Waals surface area contributed by atoms with E-state index in [-0.39, 0.29) is 10.6 Å². The van der Waals surface area contributed by atoms with Crippen LogP contribution in [-0.2, 0) is 14.8 Å². The van der Waals surface area contributed by atoms with Crippen LogP contribution in [0.4, 0.5) is 0 Å². The second-order valence-electron chi connectivity index (χ2n) is 4.42. The molecule has 0 aliphatic rings. The number of aliphatic carboxylic acids is 1. The molecule has 0 amide bonds. The molecular weight excluding hydrogens is 302 g/mol. The van der Waals surface area contributed by atoms with Crippen LogP contribution < -0.4 is 14.2 Å². The van der Waals surface area contributed by atoms with Gasteiger partial charge in [0.15, 0.2) is 5.60 Å². The Kier molecular flexibility index (Phi) is 5.15. The summed E-state index contributed by atoms with van der Waals surface area (Å²) in [6, 6.07) is 4.16. The number of carboxylic acids is 1. The lowest BCUT2D eigenvalue weighted by Gasteiger charge is -2.19. The van der Waals surface area contributed by atoms with Gasteiger partial charge in [0, 0.05) is 6.07 Å². The summed E-state index contributed by atoms with van der Waals surface area (Å²) in [5.41, 5.74) is -2.22. The third-order valence-corrected chi connectivity index (χ3v) is 4.15. The molecule has 0 saturated carbocycles. The summed E-state index contributed by atoms with van der Waals surface area (Å²) in [4.78, 5) is 10.6. The molecule has 0 saturated heterocycles. The molecule has 0 aliphatic heterocycles. The van der Waals surface area contributed by atoms with Crippen molar-refractivity contribution >= 4 is 16.0 Å². The minimum atomic E-state index is -4.08. The van der Waals surface area contributed by atoms with E-state index in [9.17, 15) is 18.3 Å². The lowest BCUT2D eigenvalue weighted by Crippen LogP contribution is -2.46. The van der Waals surface area contributed by atoms with E-state index in [1.807, 2.05) is 4.72 Å². The monoisotopic (exact) mass is 319 g/mol. The van der Waals surface area contributed by atoms with Gasteiger partial charge < -0.3 is 19.7 Å². The number of nitrogens with one attached hydrogen (secondary N) is 1. The van der Waals surface area contributed by atoms with Crippen molar-refractivity contribution in [3.05, 3.63) is 18.2 Å². The number of rotatable bonds is 7. The fraction of sp³-hybridized carbons (Fsp3) is 0.417. The van der Waals surface area contributed by atoms with E-state index in [1.54, 1.807) is 0 Å². The van der Waals surface area contributed by atoms with Crippen LogP contribution in [0.2, 0.25) is 0 Å². The van der Waals surface area contributed by atoms with Crippen molar-refractivity contribution in [3.8, 4) is 11.5 Å². The summed E-state index contributed by atoms with van der Waals surface area (Å²) in [5.74, 6) is -1.18. The zero-order valence-corrected chi connectivity index (χ0v) is 12.6. The molecule has 3 N–H and O–H groups in total. The molecule has 0 fully saturated rings. The quantitative estimate of drug-likeness (QED) is 0.637. The van der Waals surface area contributed by atoms with Crippen LogP contribution in [0, 0.1) is 0 Å². The van der Waals surface area contributed by atoms with Crippen LogP contribution in [0.1, 0.15) is 6.92 Å². The van der Waals surface area contributed by atoms with Gasteiger partial charge in [0.1, 0.15) is 16.4 Å². The first-order valence-corrected chi connectivity index (χ1v) is 7.30. The summed E-state index contributed by atoms with van der Waals surface area (Å²) in [7, 11) is -1.40. The van der Waals surface area contributed by atoms with Gasteiger partial charge in [0.05, 0.1) is 20.8 Å². The molecule has 0 aromatic heterocycles. The average Bonchev–Trinajstić information content (AvgIpc) is 2.44. The number of carboxylic acid groups (broad SMARTS) is 1. The van der Waals surface area contributed by atoms with Crippen LogP contribution in [0.3, 0.4) is 0 Å². The smallest absolute Gasteiger partial charge is 0.336 e. The highest BCUT2D eigenvalue weighted by Crippen LogP contribution is 2.28. The Labute approximate surface area is 122 Å². The standard InChI is InChI=1S/C12H17NO7S/c1-12(16,11(14)15)7-13-21(17,18)10-6-8(19-2)4-5-9(10)20-3/h4-6,13,16H,7H2,1-3H3,(H,14,15). The van der Waals surface area contributed by atoms with Gasteiger partial charge >= 0.3 is 5.97 Å². The van der Waals surface area contributed by atoms with Crippen LogP contribution >= 0.6 is 0 Å². The maximum Gasteiger partial charge on any atom is 0.336 e. The first kappa shape index (κ1) is 17.2. The van der Waals surface area contributed by atoms with Crippen molar-refractivity contribution in [2.45, 2.75) is 17.4 Å². The highest BCUT2D eigenvalue weighted by molar-refractivity contribution is 7.89. The molecular formula is C12H17NO7S.